The lowest BCUT2D eigenvalue weighted by atomic mass is 9.77. The van der Waals surface area contributed by atoms with Crippen molar-refractivity contribution < 1.29 is 9.47 Å². The van der Waals surface area contributed by atoms with Gasteiger partial charge in [0.15, 0.2) is 0 Å². The van der Waals surface area contributed by atoms with Crippen molar-refractivity contribution in [3.8, 4) is 0 Å². The molecule has 0 unspecified atom stereocenters. The van der Waals surface area contributed by atoms with E-state index >= 15 is 0 Å². The van der Waals surface area contributed by atoms with Gasteiger partial charge in [0.05, 0.1) is 24.9 Å². The molecule has 0 spiro atoms. The topological polar surface area (TPSA) is 30.5 Å². The van der Waals surface area contributed by atoms with Crippen LogP contribution in [-0.4, -0.2) is 38.0 Å². The lowest BCUT2D eigenvalue weighted by Gasteiger charge is -2.40. The highest BCUT2D eigenvalue weighted by Gasteiger charge is 2.35. The van der Waals surface area contributed by atoms with E-state index in [2.05, 4.69) is 33.0 Å². The number of rotatable bonds is 11. The fourth-order valence-corrected chi connectivity index (χ4v) is 3.31. The highest BCUT2D eigenvalue weighted by molar-refractivity contribution is 4.89. The van der Waals surface area contributed by atoms with Crippen LogP contribution in [0.3, 0.4) is 0 Å². The Morgan fingerprint density at radius 2 is 1.81 bits per heavy atom. The van der Waals surface area contributed by atoms with Gasteiger partial charge in [-0.25, -0.2) is 0 Å². The van der Waals surface area contributed by atoms with Crippen molar-refractivity contribution in [3.05, 3.63) is 0 Å². The number of nitrogens with one attached hydrogen (secondary N) is 1. The molecule has 0 aromatic carbocycles. The van der Waals surface area contributed by atoms with Gasteiger partial charge in [0.2, 0.25) is 0 Å². The molecule has 0 radical (unpaired) electrons. The molecule has 0 amide bonds. The van der Waals surface area contributed by atoms with Crippen molar-refractivity contribution in [2.45, 2.75) is 84.3 Å². The molecule has 0 aromatic heterocycles. The zero-order valence-electron chi connectivity index (χ0n) is 14.7. The second kappa shape index (κ2) is 10.6. The molecule has 21 heavy (non-hydrogen) atoms. The Bertz CT molecular complexity index is 248. The van der Waals surface area contributed by atoms with Crippen LogP contribution in [0.1, 0.15) is 72.6 Å². The number of ether oxygens (including phenoxy) is 2. The molecule has 1 aliphatic rings. The molecule has 126 valence electrons. The minimum Gasteiger partial charge on any atom is -0.376 e. The summed E-state index contributed by atoms with van der Waals surface area (Å²) in [6.07, 6.45) is 9.24. The van der Waals surface area contributed by atoms with Gasteiger partial charge in [0, 0.05) is 6.54 Å². The minimum atomic E-state index is 0.0553. The molecule has 0 atom stereocenters. The molecule has 3 nitrogen and oxygen atoms in total. The van der Waals surface area contributed by atoms with E-state index in [4.69, 9.17) is 9.47 Å². The first-order chi connectivity index (χ1) is 10.1. The van der Waals surface area contributed by atoms with Gasteiger partial charge in [-0.15, -0.1) is 0 Å². The molecule has 1 fully saturated rings. The van der Waals surface area contributed by atoms with E-state index in [1.54, 1.807) is 0 Å². The van der Waals surface area contributed by atoms with Gasteiger partial charge in [-0.2, -0.15) is 0 Å². The normalized spacial score (nSPS) is 26.4. The molecule has 0 heterocycles. The maximum atomic E-state index is 6.31. The number of hydrogen-bond acceptors (Lipinski definition) is 3. The summed E-state index contributed by atoms with van der Waals surface area (Å²) < 4.78 is 11.9. The van der Waals surface area contributed by atoms with Gasteiger partial charge in [-0.05, 0) is 58.4 Å². The van der Waals surface area contributed by atoms with Crippen LogP contribution in [0.4, 0.5) is 0 Å². The Balaban J connectivity index is 2.40. The second-order valence-electron chi connectivity index (χ2n) is 6.86. The molecular formula is C18H37NO2. The molecule has 0 saturated heterocycles. The fourth-order valence-electron chi connectivity index (χ4n) is 3.31. The second-order valence-corrected chi connectivity index (χ2v) is 6.86. The van der Waals surface area contributed by atoms with E-state index in [0.29, 0.717) is 12.7 Å². The van der Waals surface area contributed by atoms with Crippen molar-refractivity contribution >= 4 is 0 Å². The summed E-state index contributed by atoms with van der Waals surface area (Å²) >= 11 is 0. The lowest BCUT2D eigenvalue weighted by Crippen LogP contribution is -2.46. The summed E-state index contributed by atoms with van der Waals surface area (Å²) in [5, 5.41) is 3.58. The Hall–Kier alpha value is -0.120. The average Bonchev–Trinajstić information content (AvgIpc) is 2.47. The van der Waals surface area contributed by atoms with E-state index in [1.165, 1.54) is 44.9 Å². The summed E-state index contributed by atoms with van der Waals surface area (Å²) in [6, 6.07) is 0. The molecule has 0 aromatic rings. The van der Waals surface area contributed by atoms with E-state index < -0.39 is 0 Å². The summed E-state index contributed by atoms with van der Waals surface area (Å²) in [5.41, 5.74) is 0.0553. The monoisotopic (exact) mass is 299 g/mol. The summed E-state index contributed by atoms with van der Waals surface area (Å²) in [6.45, 7) is 12.2. The highest BCUT2D eigenvalue weighted by Crippen LogP contribution is 2.36. The molecule has 0 bridgehead atoms. The predicted octanol–water partition coefficient (Wildman–Crippen LogP) is 4.16. The van der Waals surface area contributed by atoms with Crippen LogP contribution in [0.2, 0.25) is 0 Å². The lowest BCUT2D eigenvalue weighted by molar-refractivity contribution is -0.0977. The number of hydrogen-bond donors (Lipinski definition) is 1. The molecule has 1 aliphatic carbocycles. The van der Waals surface area contributed by atoms with Crippen LogP contribution in [0.5, 0.6) is 0 Å². The van der Waals surface area contributed by atoms with Crippen LogP contribution in [0.15, 0.2) is 0 Å². The van der Waals surface area contributed by atoms with Crippen molar-refractivity contribution in [1.82, 2.24) is 5.32 Å². The molecule has 3 heteroatoms. The third-order valence-corrected chi connectivity index (χ3v) is 4.53. The third kappa shape index (κ3) is 7.62. The van der Waals surface area contributed by atoms with Gasteiger partial charge in [0.1, 0.15) is 0 Å². The van der Waals surface area contributed by atoms with Crippen molar-refractivity contribution in [2.24, 2.45) is 5.92 Å². The van der Waals surface area contributed by atoms with Gasteiger partial charge < -0.3 is 14.8 Å². The van der Waals surface area contributed by atoms with E-state index in [9.17, 15) is 0 Å². The highest BCUT2D eigenvalue weighted by atomic mass is 16.5. The van der Waals surface area contributed by atoms with Gasteiger partial charge in [-0.3, -0.25) is 0 Å². The van der Waals surface area contributed by atoms with Crippen LogP contribution < -0.4 is 5.32 Å². The third-order valence-electron chi connectivity index (χ3n) is 4.53. The van der Waals surface area contributed by atoms with Crippen molar-refractivity contribution in [3.63, 3.8) is 0 Å². The van der Waals surface area contributed by atoms with Gasteiger partial charge in [0.25, 0.3) is 0 Å². The summed E-state index contributed by atoms with van der Waals surface area (Å²) in [5.74, 6) is 0.921. The molecule has 1 rings (SSSR count). The Labute approximate surface area is 132 Å². The quantitative estimate of drug-likeness (QED) is 0.581. The Kier molecular flexibility index (Phi) is 9.54. The molecule has 1 N–H and O–H groups in total. The first-order valence-corrected chi connectivity index (χ1v) is 9.08. The molecular weight excluding hydrogens is 262 g/mol. The van der Waals surface area contributed by atoms with E-state index in [1.807, 2.05) is 0 Å². The predicted molar refractivity (Wildman–Crippen MR) is 89.8 cm³/mol. The fraction of sp³-hybridized carbons (Fsp3) is 1.00. The standard InChI is InChI=1S/C18H37NO2/c1-5-7-17-8-10-18(11-9-17,15-19-12-6-2)21-14-13-20-16(3)4/h16-17,19H,5-15H2,1-4H3. The largest absolute Gasteiger partial charge is 0.376 e. The van der Waals surface area contributed by atoms with Crippen LogP contribution in [0, 0.1) is 5.92 Å². The zero-order valence-corrected chi connectivity index (χ0v) is 14.7. The van der Waals surface area contributed by atoms with Crippen LogP contribution in [-0.2, 0) is 9.47 Å². The molecule has 0 aliphatic heterocycles. The van der Waals surface area contributed by atoms with Crippen molar-refractivity contribution in [2.75, 3.05) is 26.3 Å². The Morgan fingerprint density at radius 3 is 2.38 bits per heavy atom. The Morgan fingerprint density at radius 1 is 1.10 bits per heavy atom. The maximum Gasteiger partial charge on any atom is 0.0807 e. The molecule has 1 saturated carbocycles. The SMILES string of the molecule is CCCNCC1(OCCOC(C)C)CCC(CCC)CC1. The zero-order chi connectivity index (χ0) is 15.6. The minimum absolute atomic E-state index is 0.0553. The summed E-state index contributed by atoms with van der Waals surface area (Å²) in [4.78, 5) is 0. The van der Waals surface area contributed by atoms with E-state index in [0.717, 1.165) is 25.6 Å². The van der Waals surface area contributed by atoms with Crippen LogP contribution in [0.25, 0.3) is 0 Å². The average molecular weight is 299 g/mol. The first-order valence-electron chi connectivity index (χ1n) is 9.08. The van der Waals surface area contributed by atoms with Gasteiger partial charge in [-0.1, -0.05) is 26.7 Å². The summed E-state index contributed by atoms with van der Waals surface area (Å²) in [7, 11) is 0. The maximum absolute atomic E-state index is 6.31. The van der Waals surface area contributed by atoms with Crippen molar-refractivity contribution in [1.29, 1.82) is 0 Å². The first kappa shape index (κ1) is 18.9. The van der Waals surface area contributed by atoms with Crippen LogP contribution >= 0.6 is 0 Å². The van der Waals surface area contributed by atoms with E-state index in [-0.39, 0.29) is 5.60 Å². The van der Waals surface area contributed by atoms with Gasteiger partial charge >= 0.3 is 0 Å². The smallest absolute Gasteiger partial charge is 0.0807 e.